The molecule has 30 heavy (non-hydrogen) atoms. The van der Waals surface area contributed by atoms with Crippen molar-refractivity contribution in [2.75, 3.05) is 5.75 Å². The van der Waals surface area contributed by atoms with Gasteiger partial charge in [-0.1, -0.05) is 38.1 Å². The Hall–Kier alpha value is -2.11. The zero-order valence-electron chi connectivity index (χ0n) is 17.8. The summed E-state index contributed by atoms with van der Waals surface area (Å²) in [7, 11) is 0. The van der Waals surface area contributed by atoms with E-state index in [1.54, 1.807) is 28.9 Å². The zero-order valence-corrected chi connectivity index (χ0v) is 19.4. The standard InChI is InChI=1S/C22H28N4O2S2/c1-5-11-26-20(28)18-15-9-7-6-8-10-16(15)30-19(18)24-21(26)29-12-17(27)25-22(4,13-23)14(2)3/h5,14H,1,6-12H2,2-4H3,(H,25,27)/t22-/m0/s1. The highest BCUT2D eigenvalue weighted by atomic mass is 32.2. The lowest BCUT2D eigenvalue weighted by molar-refractivity contribution is -0.120. The number of thiophene rings is 1. The first kappa shape index (κ1) is 22.6. The van der Waals surface area contributed by atoms with Gasteiger partial charge in [-0.25, -0.2) is 4.98 Å². The number of nitrogens with zero attached hydrogens (tertiary/aromatic N) is 3. The average Bonchev–Trinajstić information content (AvgIpc) is 2.89. The van der Waals surface area contributed by atoms with E-state index >= 15 is 0 Å². The second-order valence-electron chi connectivity index (χ2n) is 8.15. The largest absolute Gasteiger partial charge is 0.337 e. The van der Waals surface area contributed by atoms with Crippen LogP contribution in [0.2, 0.25) is 0 Å². The van der Waals surface area contributed by atoms with Crippen molar-refractivity contribution in [3.05, 3.63) is 33.4 Å². The first-order chi connectivity index (χ1) is 14.3. The van der Waals surface area contributed by atoms with Gasteiger partial charge < -0.3 is 5.32 Å². The summed E-state index contributed by atoms with van der Waals surface area (Å²) in [6.45, 7) is 9.63. The van der Waals surface area contributed by atoms with E-state index in [0.717, 1.165) is 35.9 Å². The maximum atomic E-state index is 13.3. The molecule has 2 aromatic heterocycles. The SMILES string of the molecule is C=CCn1c(SCC(=O)N[C@@](C)(C#N)C(C)C)nc2sc3c(c2c1=O)CCCCC3. The van der Waals surface area contributed by atoms with E-state index in [1.807, 2.05) is 13.8 Å². The molecule has 0 fully saturated rings. The van der Waals surface area contributed by atoms with Gasteiger partial charge >= 0.3 is 0 Å². The van der Waals surface area contributed by atoms with Crippen LogP contribution >= 0.6 is 23.1 Å². The number of carbonyl (C=O) groups is 1. The predicted molar refractivity (Wildman–Crippen MR) is 123 cm³/mol. The lowest BCUT2D eigenvalue weighted by atomic mass is 9.90. The Morgan fingerprint density at radius 1 is 1.43 bits per heavy atom. The van der Waals surface area contributed by atoms with Gasteiger partial charge in [0.1, 0.15) is 10.4 Å². The number of fused-ring (bicyclic) bond motifs is 3. The fourth-order valence-electron chi connectivity index (χ4n) is 3.55. The normalized spacial score (nSPS) is 15.8. The summed E-state index contributed by atoms with van der Waals surface area (Å²) in [5.74, 6) is -0.185. The van der Waals surface area contributed by atoms with E-state index in [-0.39, 0.29) is 23.1 Å². The molecule has 0 saturated carbocycles. The Balaban J connectivity index is 1.91. The summed E-state index contributed by atoms with van der Waals surface area (Å²) >= 11 is 2.84. The number of rotatable bonds is 7. The number of allylic oxidation sites excluding steroid dienone is 1. The molecular formula is C22H28N4O2S2. The van der Waals surface area contributed by atoms with Crippen molar-refractivity contribution in [3.63, 3.8) is 0 Å². The fraction of sp³-hybridized carbons (Fsp3) is 0.545. The van der Waals surface area contributed by atoms with E-state index < -0.39 is 5.54 Å². The highest BCUT2D eigenvalue weighted by Crippen LogP contribution is 2.34. The maximum Gasteiger partial charge on any atom is 0.263 e. The molecule has 6 nitrogen and oxygen atoms in total. The van der Waals surface area contributed by atoms with Crippen LogP contribution in [0.3, 0.4) is 0 Å². The molecule has 2 heterocycles. The molecule has 0 spiro atoms. The van der Waals surface area contributed by atoms with Crippen molar-refractivity contribution in [1.82, 2.24) is 14.9 Å². The van der Waals surface area contributed by atoms with Crippen LogP contribution < -0.4 is 10.9 Å². The molecule has 1 N–H and O–H groups in total. The van der Waals surface area contributed by atoms with Crippen LogP contribution in [0.1, 0.15) is 50.5 Å². The molecule has 160 valence electrons. The smallest absolute Gasteiger partial charge is 0.263 e. The van der Waals surface area contributed by atoms with Crippen molar-refractivity contribution < 1.29 is 4.79 Å². The van der Waals surface area contributed by atoms with Crippen molar-refractivity contribution in [2.24, 2.45) is 5.92 Å². The molecule has 1 aliphatic rings. The molecule has 1 atom stereocenters. The summed E-state index contributed by atoms with van der Waals surface area (Å²) in [4.78, 5) is 32.6. The average molecular weight is 445 g/mol. The molecule has 3 rings (SSSR count). The lowest BCUT2D eigenvalue weighted by Crippen LogP contribution is -2.49. The number of hydrogen-bond acceptors (Lipinski definition) is 6. The number of aryl methyl sites for hydroxylation is 2. The molecule has 0 aromatic carbocycles. The quantitative estimate of drug-likeness (QED) is 0.301. The number of carbonyl (C=O) groups excluding carboxylic acids is 1. The van der Waals surface area contributed by atoms with Crippen LogP contribution in [0.5, 0.6) is 0 Å². The Labute approximate surface area is 185 Å². The molecule has 1 aliphatic carbocycles. The second-order valence-corrected chi connectivity index (χ2v) is 10.2. The van der Waals surface area contributed by atoms with Crippen molar-refractivity contribution in [1.29, 1.82) is 5.26 Å². The zero-order chi connectivity index (χ0) is 21.9. The van der Waals surface area contributed by atoms with E-state index in [2.05, 4.69) is 18.0 Å². The second kappa shape index (κ2) is 9.36. The Kier molecular flexibility index (Phi) is 7.04. The molecule has 0 bridgehead atoms. The van der Waals surface area contributed by atoms with Crippen LogP contribution in [-0.2, 0) is 24.2 Å². The number of hydrogen-bond donors (Lipinski definition) is 1. The predicted octanol–water partition coefficient (Wildman–Crippen LogP) is 4.06. The van der Waals surface area contributed by atoms with Crippen LogP contribution in [0.25, 0.3) is 10.2 Å². The molecule has 1 amide bonds. The summed E-state index contributed by atoms with van der Waals surface area (Å²) in [5.41, 5.74) is 0.186. The Bertz CT molecular complexity index is 1060. The van der Waals surface area contributed by atoms with Gasteiger partial charge in [-0.3, -0.25) is 14.2 Å². The number of amides is 1. The number of nitriles is 1. The first-order valence-electron chi connectivity index (χ1n) is 10.3. The summed E-state index contributed by atoms with van der Waals surface area (Å²) in [6, 6.07) is 2.18. The number of thioether (sulfide) groups is 1. The van der Waals surface area contributed by atoms with E-state index in [9.17, 15) is 14.9 Å². The van der Waals surface area contributed by atoms with Gasteiger partial charge in [0, 0.05) is 11.4 Å². The highest BCUT2D eigenvalue weighted by molar-refractivity contribution is 7.99. The van der Waals surface area contributed by atoms with Gasteiger partial charge in [0.15, 0.2) is 5.16 Å². The fourth-order valence-corrected chi connectivity index (χ4v) is 5.67. The topological polar surface area (TPSA) is 87.8 Å². The van der Waals surface area contributed by atoms with E-state index in [0.29, 0.717) is 11.7 Å². The summed E-state index contributed by atoms with van der Waals surface area (Å²) < 4.78 is 1.61. The molecule has 8 heteroatoms. The maximum absolute atomic E-state index is 13.3. The van der Waals surface area contributed by atoms with Gasteiger partial charge in [0.05, 0.1) is 17.2 Å². The third kappa shape index (κ3) is 4.47. The van der Waals surface area contributed by atoms with Crippen LogP contribution in [-0.4, -0.2) is 26.8 Å². The summed E-state index contributed by atoms with van der Waals surface area (Å²) in [5, 5.41) is 13.5. The van der Waals surface area contributed by atoms with Crippen LogP contribution in [0.4, 0.5) is 0 Å². The van der Waals surface area contributed by atoms with Gasteiger partial charge in [-0.05, 0) is 44.1 Å². The molecular weight excluding hydrogens is 416 g/mol. The van der Waals surface area contributed by atoms with Crippen molar-refractivity contribution >= 4 is 39.2 Å². The highest BCUT2D eigenvalue weighted by Gasteiger charge is 2.30. The minimum atomic E-state index is -0.929. The summed E-state index contributed by atoms with van der Waals surface area (Å²) in [6.07, 6.45) is 7.05. The minimum Gasteiger partial charge on any atom is -0.337 e. The molecule has 0 saturated heterocycles. The van der Waals surface area contributed by atoms with Crippen molar-refractivity contribution in [3.8, 4) is 6.07 Å². The Morgan fingerprint density at radius 2 is 2.17 bits per heavy atom. The monoisotopic (exact) mass is 444 g/mol. The van der Waals surface area contributed by atoms with Crippen LogP contribution in [0, 0.1) is 17.2 Å². The lowest BCUT2D eigenvalue weighted by Gasteiger charge is -2.27. The van der Waals surface area contributed by atoms with Gasteiger partial charge in [-0.2, -0.15) is 5.26 Å². The molecule has 0 aliphatic heterocycles. The number of aromatic nitrogens is 2. The molecule has 2 aromatic rings. The van der Waals surface area contributed by atoms with Gasteiger partial charge in [0.25, 0.3) is 5.56 Å². The molecule has 0 unspecified atom stereocenters. The third-order valence-corrected chi connectivity index (χ3v) is 7.88. The van der Waals surface area contributed by atoms with Crippen LogP contribution in [0.15, 0.2) is 22.6 Å². The Morgan fingerprint density at radius 3 is 2.83 bits per heavy atom. The van der Waals surface area contributed by atoms with Crippen molar-refractivity contribution in [2.45, 2.75) is 70.1 Å². The van der Waals surface area contributed by atoms with E-state index in [4.69, 9.17) is 4.98 Å². The minimum absolute atomic E-state index is 0.0219. The van der Waals surface area contributed by atoms with E-state index in [1.165, 1.54) is 28.6 Å². The first-order valence-corrected chi connectivity index (χ1v) is 12.1. The number of nitrogens with one attached hydrogen (secondary N) is 1. The molecule has 0 radical (unpaired) electrons. The van der Waals surface area contributed by atoms with Gasteiger partial charge in [0.2, 0.25) is 5.91 Å². The van der Waals surface area contributed by atoms with Gasteiger partial charge in [-0.15, -0.1) is 17.9 Å². The third-order valence-electron chi connectivity index (χ3n) is 5.72.